The Morgan fingerprint density at radius 3 is 2.80 bits per heavy atom. The van der Waals surface area contributed by atoms with Crippen LogP contribution in [-0.4, -0.2) is 63.4 Å². The minimum absolute atomic E-state index is 0.0371. The van der Waals surface area contributed by atoms with Crippen molar-refractivity contribution in [3.63, 3.8) is 0 Å². The lowest BCUT2D eigenvalue weighted by atomic mass is 9.93. The molecule has 0 aromatic carbocycles. The normalized spacial score (nSPS) is 46.0. The average Bonchev–Trinajstić information content (AvgIpc) is 2.32. The molecule has 2 bridgehead atoms. The topological polar surface area (TPSA) is 40.2 Å². The van der Waals surface area contributed by atoms with Gasteiger partial charge in [-0.1, -0.05) is 0 Å². The number of hydrogen-bond acceptors (Lipinski definition) is 5. The third kappa shape index (κ3) is 1.68. The number of rotatable bonds is 3. The second-order valence-electron chi connectivity index (χ2n) is 4.33. The molecule has 0 N–H and O–H groups in total. The Bertz CT molecular complexity index is 233. The van der Waals surface area contributed by atoms with Crippen molar-refractivity contribution in [1.82, 2.24) is 5.06 Å². The van der Waals surface area contributed by atoms with E-state index in [9.17, 15) is 0 Å². The van der Waals surface area contributed by atoms with Crippen LogP contribution in [0.5, 0.6) is 0 Å². The molecule has 0 aliphatic carbocycles. The molecule has 2 aliphatic rings. The van der Waals surface area contributed by atoms with Crippen LogP contribution in [0.2, 0.25) is 0 Å². The zero-order valence-electron chi connectivity index (χ0n) is 9.73. The Kier molecular flexibility index (Phi) is 3.00. The minimum Gasteiger partial charge on any atom is -0.382 e. The van der Waals surface area contributed by atoms with Gasteiger partial charge < -0.3 is 14.2 Å². The van der Waals surface area contributed by atoms with Crippen molar-refractivity contribution >= 4 is 0 Å². The highest BCUT2D eigenvalue weighted by Gasteiger charge is 2.59. The van der Waals surface area contributed by atoms with Gasteiger partial charge in [0.15, 0.2) is 0 Å². The smallest absolute Gasteiger partial charge is 0.135 e. The number of hydroxylamine groups is 2. The molecule has 88 valence electrons. The summed E-state index contributed by atoms with van der Waals surface area (Å²) in [6, 6.07) is 0. The molecule has 0 radical (unpaired) electrons. The van der Waals surface area contributed by atoms with Crippen molar-refractivity contribution in [2.75, 3.05) is 34.4 Å². The van der Waals surface area contributed by atoms with Gasteiger partial charge in [-0.3, -0.25) is 4.84 Å². The van der Waals surface area contributed by atoms with Gasteiger partial charge in [-0.05, 0) is 6.92 Å². The van der Waals surface area contributed by atoms with Gasteiger partial charge in [-0.2, -0.15) is 5.06 Å². The van der Waals surface area contributed by atoms with Crippen LogP contribution in [0.25, 0.3) is 0 Å². The van der Waals surface area contributed by atoms with E-state index in [4.69, 9.17) is 19.0 Å². The Labute approximate surface area is 90.2 Å². The summed E-state index contributed by atoms with van der Waals surface area (Å²) >= 11 is 0. The van der Waals surface area contributed by atoms with Crippen LogP contribution in [0, 0.1) is 0 Å². The van der Waals surface area contributed by atoms with Crippen LogP contribution >= 0.6 is 0 Å². The SMILES string of the molecule is COC[C@]12CN(C)O[C@@H](C1OC)[C@H](C)O2. The Balaban J connectivity index is 2.24. The van der Waals surface area contributed by atoms with Crippen LogP contribution in [0.3, 0.4) is 0 Å². The van der Waals surface area contributed by atoms with Crippen molar-refractivity contribution in [2.24, 2.45) is 0 Å². The minimum atomic E-state index is -0.388. The van der Waals surface area contributed by atoms with Gasteiger partial charge in [0.2, 0.25) is 0 Å². The van der Waals surface area contributed by atoms with E-state index in [1.54, 1.807) is 14.2 Å². The largest absolute Gasteiger partial charge is 0.382 e. The molecule has 2 fully saturated rings. The lowest BCUT2D eigenvalue weighted by Gasteiger charge is -2.41. The van der Waals surface area contributed by atoms with Crippen LogP contribution in [-0.2, 0) is 19.0 Å². The molecule has 15 heavy (non-hydrogen) atoms. The maximum atomic E-state index is 5.97. The van der Waals surface area contributed by atoms with E-state index in [1.807, 2.05) is 19.0 Å². The molecule has 2 aliphatic heterocycles. The third-order valence-electron chi connectivity index (χ3n) is 3.13. The van der Waals surface area contributed by atoms with E-state index >= 15 is 0 Å². The van der Waals surface area contributed by atoms with Gasteiger partial charge in [0, 0.05) is 21.3 Å². The van der Waals surface area contributed by atoms with E-state index in [0.29, 0.717) is 13.2 Å². The maximum absolute atomic E-state index is 5.97. The fraction of sp³-hybridized carbons (Fsp3) is 1.00. The Hall–Kier alpha value is -0.200. The second-order valence-corrected chi connectivity index (χ2v) is 4.33. The first-order valence-corrected chi connectivity index (χ1v) is 5.20. The van der Waals surface area contributed by atoms with Gasteiger partial charge in [-0.15, -0.1) is 0 Å². The zero-order valence-corrected chi connectivity index (χ0v) is 9.73. The summed E-state index contributed by atoms with van der Waals surface area (Å²) in [6.07, 6.45) is -0.0531. The van der Waals surface area contributed by atoms with Gasteiger partial charge in [-0.25, -0.2) is 0 Å². The number of fused-ring (bicyclic) bond motifs is 2. The molecule has 4 atom stereocenters. The standard InChI is InChI=1S/C10H19NO4/c1-7-8-9(13-4)10(14-7,6-12-3)5-11(2)15-8/h7-9H,5-6H2,1-4H3/t7-,8+,9?,10+/m0/s1. The maximum Gasteiger partial charge on any atom is 0.135 e. The van der Waals surface area contributed by atoms with Gasteiger partial charge >= 0.3 is 0 Å². The summed E-state index contributed by atoms with van der Waals surface area (Å²) in [6.45, 7) is 3.20. The van der Waals surface area contributed by atoms with Crippen LogP contribution in [0.1, 0.15) is 6.92 Å². The van der Waals surface area contributed by atoms with E-state index in [2.05, 4.69) is 0 Å². The predicted octanol–water partition coefficient (Wildman–Crippen LogP) is 0.0509. The molecule has 0 spiro atoms. The van der Waals surface area contributed by atoms with E-state index in [0.717, 1.165) is 0 Å². The third-order valence-corrected chi connectivity index (χ3v) is 3.13. The first-order valence-electron chi connectivity index (χ1n) is 5.20. The lowest BCUT2D eigenvalue weighted by molar-refractivity contribution is -0.262. The Morgan fingerprint density at radius 1 is 1.47 bits per heavy atom. The highest BCUT2D eigenvalue weighted by Crippen LogP contribution is 2.39. The van der Waals surface area contributed by atoms with Crippen LogP contribution in [0.15, 0.2) is 0 Å². The molecule has 2 rings (SSSR count). The van der Waals surface area contributed by atoms with Crippen LogP contribution < -0.4 is 0 Å². The summed E-state index contributed by atoms with van der Waals surface area (Å²) in [7, 11) is 5.28. The molecule has 0 aromatic heterocycles. The summed E-state index contributed by atoms with van der Waals surface area (Å²) in [4.78, 5) is 5.69. The van der Waals surface area contributed by atoms with Crippen molar-refractivity contribution in [1.29, 1.82) is 0 Å². The van der Waals surface area contributed by atoms with Gasteiger partial charge in [0.05, 0.1) is 19.3 Å². The number of ether oxygens (including phenoxy) is 3. The van der Waals surface area contributed by atoms with Crippen molar-refractivity contribution < 1.29 is 19.0 Å². The predicted molar refractivity (Wildman–Crippen MR) is 53.5 cm³/mol. The summed E-state index contributed by atoms with van der Waals surface area (Å²) in [5.74, 6) is 0. The molecule has 2 heterocycles. The number of nitrogens with zero attached hydrogens (tertiary/aromatic N) is 1. The summed E-state index contributed by atoms with van der Waals surface area (Å²) in [5.41, 5.74) is -0.388. The molecule has 0 aromatic rings. The molecule has 5 nitrogen and oxygen atoms in total. The lowest BCUT2D eigenvalue weighted by Crippen LogP contribution is -2.59. The first kappa shape index (κ1) is 11.3. The molecule has 2 saturated heterocycles. The Morgan fingerprint density at radius 2 is 2.20 bits per heavy atom. The molecular formula is C10H19NO4. The summed E-state index contributed by atoms with van der Waals surface area (Å²) in [5, 5.41) is 1.81. The number of likely N-dealkylation sites (N-methyl/N-ethyl adjacent to an activating group) is 1. The van der Waals surface area contributed by atoms with Crippen molar-refractivity contribution in [2.45, 2.75) is 30.8 Å². The number of hydrogen-bond donors (Lipinski definition) is 0. The second kappa shape index (κ2) is 3.99. The molecule has 5 heteroatoms. The molecule has 1 unspecified atom stereocenters. The van der Waals surface area contributed by atoms with E-state index in [-0.39, 0.29) is 23.9 Å². The fourth-order valence-electron chi connectivity index (χ4n) is 2.70. The molecule has 0 saturated carbocycles. The van der Waals surface area contributed by atoms with Gasteiger partial charge in [0.1, 0.15) is 17.8 Å². The van der Waals surface area contributed by atoms with Gasteiger partial charge in [0.25, 0.3) is 0 Å². The van der Waals surface area contributed by atoms with E-state index < -0.39 is 0 Å². The van der Waals surface area contributed by atoms with Crippen molar-refractivity contribution in [3.8, 4) is 0 Å². The molecular weight excluding hydrogens is 198 g/mol. The summed E-state index contributed by atoms with van der Waals surface area (Å²) < 4.78 is 16.7. The van der Waals surface area contributed by atoms with Crippen molar-refractivity contribution in [3.05, 3.63) is 0 Å². The fourth-order valence-corrected chi connectivity index (χ4v) is 2.70. The highest BCUT2D eigenvalue weighted by atomic mass is 16.7. The first-order chi connectivity index (χ1) is 7.13. The quantitative estimate of drug-likeness (QED) is 0.668. The monoisotopic (exact) mass is 217 g/mol. The van der Waals surface area contributed by atoms with E-state index in [1.165, 1.54) is 0 Å². The average molecular weight is 217 g/mol. The van der Waals surface area contributed by atoms with Crippen LogP contribution in [0.4, 0.5) is 0 Å². The highest BCUT2D eigenvalue weighted by molar-refractivity contribution is 5.06. The molecule has 0 amide bonds. The zero-order chi connectivity index (χ0) is 11.1. The number of methoxy groups -OCH3 is 2.